The van der Waals surface area contributed by atoms with Gasteiger partial charge in [0.05, 0.1) is 5.52 Å². The van der Waals surface area contributed by atoms with Gasteiger partial charge < -0.3 is 9.88 Å². The van der Waals surface area contributed by atoms with E-state index in [1.165, 1.54) is 4.90 Å². The van der Waals surface area contributed by atoms with Crippen LogP contribution in [0.2, 0.25) is 0 Å². The van der Waals surface area contributed by atoms with Crippen LogP contribution in [0.3, 0.4) is 0 Å². The van der Waals surface area contributed by atoms with Gasteiger partial charge in [0.2, 0.25) is 0 Å². The minimum atomic E-state index is -0.532. The fourth-order valence-electron chi connectivity index (χ4n) is 2.48. The standard InChI is InChI=1S/C16H16N4O3S/c1-3-20-14(21)12-11(17-16(20)23)13(24-18-12)15(22)19(2)9-10-7-5-4-6-8-10/h4-8H,3,9H2,1-2H3,(H,17,23). The lowest BCUT2D eigenvalue weighted by atomic mass is 10.2. The van der Waals surface area contributed by atoms with Crippen LogP contribution in [0.15, 0.2) is 39.9 Å². The number of aromatic nitrogens is 3. The summed E-state index contributed by atoms with van der Waals surface area (Å²) in [6, 6.07) is 9.57. The van der Waals surface area contributed by atoms with Crippen molar-refractivity contribution < 1.29 is 4.79 Å². The van der Waals surface area contributed by atoms with Gasteiger partial charge in [-0.25, -0.2) is 4.79 Å². The van der Waals surface area contributed by atoms with Gasteiger partial charge in [-0.3, -0.25) is 14.2 Å². The lowest BCUT2D eigenvalue weighted by Crippen LogP contribution is -2.34. The minimum absolute atomic E-state index is 0.123. The number of amides is 1. The van der Waals surface area contributed by atoms with E-state index in [-0.39, 0.29) is 28.4 Å². The third-order valence-electron chi connectivity index (χ3n) is 3.74. The van der Waals surface area contributed by atoms with E-state index >= 15 is 0 Å². The molecule has 3 rings (SSSR count). The molecule has 124 valence electrons. The molecular weight excluding hydrogens is 328 g/mol. The normalized spacial score (nSPS) is 10.9. The van der Waals surface area contributed by atoms with E-state index in [0.717, 1.165) is 21.7 Å². The van der Waals surface area contributed by atoms with Gasteiger partial charge >= 0.3 is 5.69 Å². The van der Waals surface area contributed by atoms with Crippen molar-refractivity contribution in [2.24, 2.45) is 0 Å². The second-order valence-corrected chi connectivity index (χ2v) is 6.14. The lowest BCUT2D eigenvalue weighted by Gasteiger charge is -2.16. The number of fused-ring (bicyclic) bond motifs is 1. The first-order chi connectivity index (χ1) is 11.5. The van der Waals surface area contributed by atoms with Crippen LogP contribution in [0.1, 0.15) is 22.2 Å². The van der Waals surface area contributed by atoms with Gasteiger partial charge in [0.15, 0.2) is 5.52 Å². The number of benzene rings is 1. The Hall–Kier alpha value is -2.74. The maximum absolute atomic E-state index is 12.7. The Morgan fingerprint density at radius 3 is 2.67 bits per heavy atom. The van der Waals surface area contributed by atoms with E-state index in [4.69, 9.17) is 0 Å². The molecule has 7 nitrogen and oxygen atoms in total. The molecule has 0 radical (unpaired) electrons. The van der Waals surface area contributed by atoms with E-state index in [1.54, 1.807) is 14.0 Å². The van der Waals surface area contributed by atoms with Crippen molar-refractivity contribution >= 4 is 28.5 Å². The van der Waals surface area contributed by atoms with Gasteiger partial charge in [-0.15, -0.1) is 0 Å². The molecule has 1 aromatic carbocycles. The molecule has 0 saturated carbocycles. The maximum atomic E-state index is 12.7. The Labute approximate surface area is 141 Å². The molecule has 0 bridgehead atoms. The first-order valence-electron chi connectivity index (χ1n) is 7.44. The second kappa shape index (κ2) is 6.40. The number of carbonyl (C=O) groups excluding carboxylic acids is 1. The Kier molecular flexibility index (Phi) is 4.30. The molecule has 3 aromatic rings. The molecule has 1 amide bonds. The summed E-state index contributed by atoms with van der Waals surface area (Å²) in [7, 11) is 1.67. The van der Waals surface area contributed by atoms with Crippen molar-refractivity contribution in [2.45, 2.75) is 20.0 Å². The monoisotopic (exact) mass is 344 g/mol. The zero-order chi connectivity index (χ0) is 17.3. The largest absolute Gasteiger partial charge is 0.337 e. The van der Waals surface area contributed by atoms with Crippen LogP contribution < -0.4 is 11.2 Å². The van der Waals surface area contributed by atoms with E-state index in [1.807, 2.05) is 30.3 Å². The van der Waals surface area contributed by atoms with Crippen molar-refractivity contribution in [1.29, 1.82) is 0 Å². The topological polar surface area (TPSA) is 88.1 Å². The van der Waals surface area contributed by atoms with Gasteiger partial charge in [0.1, 0.15) is 4.88 Å². The van der Waals surface area contributed by atoms with Crippen molar-refractivity contribution in [1.82, 2.24) is 18.8 Å². The molecule has 0 aliphatic rings. The highest BCUT2D eigenvalue weighted by atomic mass is 32.1. The van der Waals surface area contributed by atoms with Crippen LogP contribution >= 0.6 is 11.5 Å². The molecule has 0 spiro atoms. The number of hydrogen-bond acceptors (Lipinski definition) is 5. The van der Waals surface area contributed by atoms with E-state index in [9.17, 15) is 14.4 Å². The fourth-order valence-corrected chi connectivity index (χ4v) is 3.31. The first-order valence-corrected chi connectivity index (χ1v) is 8.22. The summed E-state index contributed by atoms with van der Waals surface area (Å²) in [5.41, 5.74) is 0.318. The van der Waals surface area contributed by atoms with Crippen LogP contribution in [-0.4, -0.2) is 31.8 Å². The predicted octanol–water partition coefficient (Wildman–Crippen LogP) is 1.44. The highest BCUT2D eigenvalue weighted by molar-refractivity contribution is 7.09. The van der Waals surface area contributed by atoms with Crippen LogP contribution in [0, 0.1) is 0 Å². The van der Waals surface area contributed by atoms with Gasteiger partial charge in [-0.05, 0) is 24.0 Å². The van der Waals surface area contributed by atoms with E-state index in [2.05, 4.69) is 9.36 Å². The quantitative estimate of drug-likeness (QED) is 0.776. The molecule has 0 atom stereocenters. The molecule has 24 heavy (non-hydrogen) atoms. The number of nitrogens with zero attached hydrogens (tertiary/aromatic N) is 3. The van der Waals surface area contributed by atoms with Crippen molar-refractivity contribution in [3.05, 3.63) is 61.6 Å². The van der Waals surface area contributed by atoms with Crippen molar-refractivity contribution in [2.75, 3.05) is 7.05 Å². The summed E-state index contributed by atoms with van der Waals surface area (Å²) >= 11 is 0.927. The van der Waals surface area contributed by atoms with Crippen molar-refractivity contribution in [3.8, 4) is 0 Å². The Morgan fingerprint density at radius 2 is 2.00 bits per heavy atom. The Morgan fingerprint density at radius 1 is 1.29 bits per heavy atom. The minimum Gasteiger partial charge on any atom is -0.337 e. The highest BCUT2D eigenvalue weighted by Crippen LogP contribution is 2.19. The molecule has 2 aromatic heterocycles. The van der Waals surface area contributed by atoms with Crippen molar-refractivity contribution in [3.63, 3.8) is 0 Å². The van der Waals surface area contributed by atoms with E-state index < -0.39 is 11.2 Å². The summed E-state index contributed by atoms with van der Waals surface area (Å²) in [6.07, 6.45) is 0. The molecule has 0 saturated heterocycles. The van der Waals surface area contributed by atoms with Crippen LogP contribution in [0.5, 0.6) is 0 Å². The maximum Gasteiger partial charge on any atom is 0.328 e. The van der Waals surface area contributed by atoms with Gasteiger partial charge in [-0.2, -0.15) is 4.37 Å². The number of carbonyl (C=O) groups is 1. The number of hydrogen-bond donors (Lipinski definition) is 1. The smallest absolute Gasteiger partial charge is 0.328 e. The third-order valence-corrected chi connectivity index (χ3v) is 4.57. The van der Waals surface area contributed by atoms with Gasteiger partial charge in [-0.1, -0.05) is 30.3 Å². The SMILES string of the molecule is CCn1c(=O)[nH]c2c(C(=O)N(C)Cc3ccccc3)snc2c1=O. The molecule has 1 N–H and O–H groups in total. The molecule has 2 heterocycles. The molecule has 0 aliphatic carbocycles. The summed E-state index contributed by atoms with van der Waals surface area (Å²) in [6.45, 7) is 2.38. The lowest BCUT2D eigenvalue weighted by molar-refractivity contribution is 0.0791. The molecule has 0 unspecified atom stereocenters. The average molecular weight is 344 g/mol. The van der Waals surface area contributed by atoms with Gasteiger partial charge in [0.25, 0.3) is 11.5 Å². The molecule has 0 fully saturated rings. The fraction of sp³-hybridized carbons (Fsp3) is 0.250. The summed E-state index contributed by atoms with van der Waals surface area (Å²) in [5, 5.41) is 0. The van der Waals surface area contributed by atoms with E-state index in [0.29, 0.717) is 6.54 Å². The van der Waals surface area contributed by atoms with Crippen LogP contribution in [0.25, 0.3) is 11.0 Å². The summed E-state index contributed by atoms with van der Waals surface area (Å²) in [5.74, 6) is -0.282. The Bertz CT molecular complexity index is 1000. The van der Waals surface area contributed by atoms with Gasteiger partial charge in [0, 0.05) is 20.1 Å². The predicted molar refractivity (Wildman–Crippen MR) is 92.4 cm³/mol. The zero-order valence-electron chi connectivity index (χ0n) is 13.3. The summed E-state index contributed by atoms with van der Waals surface area (Å²) < 4.78 is 5.13. The van der Waals surface area contributed by atoms with Crippen LogP contribution in [0.4, 0.5) is 0 Å². The number of nitrogens with one attached hydrogen (secondary N) is 1. The highest BCUT2D eigenvalue weighted by Gasteiger charge is 2.21. The first kappa shape index (κ1) is 16.1. The van der Waals surface area contributed by atoms with Crippen LogP contribution in [-0.2, 0) is 13.1 Å². The average Bonchev–Trinajstić information content (AvgIpc) is 2.99. The third kappa shape index (κ3) is 2.76. The molecule has 8 heteroatoms. The Balaban J connectivity index is 1.99. The zero-order valence-corrected chi connectivity index (χ0v) is 14.1. The number of H-pyrrole nitrogens is 1. The molecular formula is C16H16N4O3S. The number of rotatable bonds is 4. The summed E-state index contributed by atoms with van der Waals surface area (Å²) in [4.78, 5) is 41.3. The number of aromatic amines is 1. The molecule has 0 aliphatic heterocycles. The second-order valence-electron chi connectivity index (χ2n) is 5.36.